The quantitative estimate of drug-likeness (QED) is 0.551. The summed E-state index contributed by atoms with van der Waals surface area (Å²) in [5.41, 5.74) is 2.40. The van der Waals surface area contributed by atoms with Gasteiger partial charge in [0.2, 0.25) is 0 Å². The Balaban J connectivity index is 0.00000144. The fourth-order valence-electron chi connectivity index (χ4n) is 1.78. The largest absolute Gasteiger partial charge is 1.00 e. The monoisotopic (exact) mass is 319 g/mol. The van der Waals surface area contributed by atoms with Gasteiger partial charge in [-0.1, -0.05) is 0 Å². The van der Waals surface area contributed by atoms with Gasteiger partial charge in [-0.05, 0) is 0 Å². The standard InChI is InChI=1S/C13H13O2.2ClH.Ti/c1-14-11-7-8-12(13(9-11)15-2)10-5-3-4-6-10;;;/h3,5,7-9H,4H2,1-2H3;2*1H;/q;;;+2/p-2. The fourth-order valence-corrected chi connectivity index (χ4v) is 2.30. The third-order valence-electron chi connectivity index (χ3n) is 2.63. The zero-order chi connectivity index (χ0) is 11.5. The number of hydrogen-bond donors (Lipinski definition) is 0. The van der Waals surface area contributed by atoms with E-state index >= 15 is 0 Å². The summed E-state index contributed by atoms with van der Waals surface area (Å²) in [6, 6.07) is 5.93. The number of hydrogen-bond acceptors (Lipinski definition) is 2. The summed E-state index contributed by atoms with van der Waals surface area (Å²) in [5, 5.41) is 0. The van der Waals surface area contributed by atoms with E-state index < -0.39 is 0 Å². The summed E-state index contributed by atoms with van der Waals surface area (Å²) < 4.78 is 12.0. The molecular weight excluding hydrogens is 307 g/mol. The average Bonchev–Trinajstić information content (AvgIpc) is 2.74. The Hall–Kier alpha value is -0.406. The van der Waals surface area contributed by atoms with Crippen LogP contribution in [0.3, 0.4) is 0 Å². The van der Waals surface area contributed by atoms with E-state index in [1.807, 2.05) is 18.2 Å². The molecule has 1 aliphatic rings. The van der Waals surface area contributed by atoms with Crippen LogP contribution in [0.1, 0.15) is 12.0 Å². The molecule has 5 heteroatoms. The van der Waals surface area contributed by atoms with Gasteiger partial charge in [0.05, 0.1) is 0 Å². The average molecular weight is 320 g/mol. The van der Waals surface area contributed by atoms with Gasteiger partial charge in [0.15, 0.2) is 0 Å². The van der Waals surface area contributed by atoms with Gasteiger partial charge in [0.25, 0.3) is 0 Å². The molecule has 0 radical (unpaired) electrons. The molecule has 0 amide bonds. The van der Waals surface area contributed by atoms with Crippen molar-refractivity contribution in [3.8, 4) is 11.5 Å². The van der Waals surface area contributed by atoms with E-state index in [1.165, 1.54) is 9.45 Å². The Morgan fingerprint density at radius 2 is 1.83 bits per heavy atom. The third kappa shape index (κ3) is 3.55. The minimum Gasteiger partial charge on any atom is -1.00 e. The van der Waals surface area contributed by atoms with Gasteiger partial charge in [-0.15, -0.1) is 0 Å². The number of methoxy groups -OCH3 is 2. The molecule has 18 heavy (non-hydrogen) atoms. The third-order valence-corrected chi connectivity index (χ3v) is 3.37. The molecule has 0 aliphatic heterocycles. The first-order valence-electron chi connectivity index (χ1n) is 5.10. The van der Waals surface area contributed by atoms with E-state index in [9.17, 15) is 0 Å². The maximum Gasteiger partial charge on any atom is -1.00 e. The molecule has 0 aromatic heterocycles. The van der Waals surface area contributed by atoms with Crippen LogP contribution < -0.4 is 34.3 Å². The molecule has 0 bridgehead atoms. The normalized spacial score (nSPS) is 12.9. The number of allylic oxidation sites excluding steroid dienone is 4. The topological polar surface area (TPSA) is 18.5 Å². The molecule has 1 aromatic carbocycles. The summed E-state index contributed by atoms with van der Waals surface area (Å²) >= 11 is 2.15. The van der Waals surface area contributed by atoms with Crippen molar-refractivity contribution in [2.24, 2.45) is 0 Å². The summed E-state index contributed by atoms with van der Waals surface area (Å²) in [5.74, 6) is 1.68. The van der Waals surface area contributed by atoms with Crippen LogP contribution in [-0.2, 0) is 20.4 Å². The summed E-state index contributed by atoms with van der Waals surface area (Å²) in [6.45, 7) is 0. The van der Waals surface area contributed by atoms with Crippen molar-refractivity contribution in [3.05, 3.63) is 39.8 Å². The second-order valence-corrected chi connectivity index (χ2v) is 4.51. The van der Waals surface area contributed by atoms with Gasteiger partial charge in [-0.2, -0.15) is 0 Å². The Morgan fingerprint density at radius 1 is 1.11 bits per heavy atom. The first-order valence-corrected chi connectivity index (χ1v) is 5.88. The van der Waals surface area contributed by atoms with Gasteiger partial charge in [-0.3, -0.25) is 0 Å². The van der Waals surface area contributed by atoms with Gasteiger partial charge < -0.3 is 24.8 Å². The summed E-state index contributed by atoms with van der Waals surface area (Å²) in [6.07, 6.45) is 5.36. The Labute approximate surface area is 132 Å². The van der Waals surface area contributed by atoms with Gasteiger partial charge >= 0.3 is 107 Å². The first-order chi connectivity index (χ1) is 7.76. The van der Waals surface area contributed by atoms with Crippen LogP contribution in [0, 0.1) is 0 Å². The molecule has 0 saturated heterocycles. The SMILES string of the molecule is COc1ccc(C2=[C]([Ti+2])CC=C2)c(OC)c1.[Cl-].[Cl-]. The maximum absolute atomic E-state index is 5.40. The molecule has 0 atom stereocenters. The van der Waals surface area contributed by atoms with Crippen LogP contribution in [0.5, 0.6) is 11.5 Å². The molecule has 2 rings (SSSR count). The van der Waals surface area contributed by atoms with E-state index in [-0.39, 0.29) is 24.8 Å². The predicted molar refractivity (Wildman–Crippen MR) is 60.2 cm³/mol. The predicted octanol–water partition coefficient (Wildman–Crippen LogP) is -3.07. The van der Waals surface area contributed by atoms with E-state index in [2.05, 4.69) is 32.6 Å². The van der Waals surface area contributed by atoms with E-state index in [0.29, 0.717) is 0 Å². The van der Waals surface area contributed by atoms with Crippen molar-refractivity contribution >= 4 is 5.57 Å². The fraction of sp³-hybridized carbons (Fsp3) is 0.231. The van der Waals surface area contributed by atoms with Gasteiger partial charge in [0, 0.05) is 0 Å². The molecule has 0 spiro atoms. The number of rotatable bonds is 3. The van der Waals surface area contributed by atoms with Gasteiger partial charge in [-0.25, -0.2) is 0 Å². The Bertz CT molecular complexity index is 470. The summed E-state index contributed by atoms with van der Waals surface area (Å²) in [7, 11) is 3.35. The molecule has 2 nitrogen and oxygen atoms in total. The van der Waals surface area contributed by atoms with Gasteiger partial charge in [0.1, 0.15) is 0 Å². The van der Waals surface area contributed by atoms with E-state index in [0.717, 1.165) is 23.5 Å². The Kier molecular flexibility index (Phi) is 7.73. The minimum absolute atomic E-state index is 0. The molecule has 0 unspecified atom stereocenters. The first kappa shape index (κ1) is 17.6. The number of benzene rings is 1. The molecule has 0 heterocycles. The van der Waals surface area contributed by atoms with E-state index in [4.69, 9.17) is 9.47 Å². The van der Waals surface area contributed by atoms with Crippen LogP contribution in [-0.4, -0.2) is 14.2 Å². The number of ether oxygens (including phenoxy) is 2. The number of halogens is 2. The van der Waals surface area contributed by atoms with Crippen molar-refractivity contribution in [1.82, 2.24) is 0 Å². The van der Waals surface area contributed by atoms with Crippen molar-refractivity contribution in [1.29, 1.82) is 0 Å². The second-order valence-electron chi connectivity index (χ2n) is 3.56. The van der Waals surface area contributed by atoms with E-state index in [1.54, 1.807) is 14.2 Å². The van der Waals surface area contributed by atoms with Crippen LogP contribution in [0.25, 0.3) is 5.57 Å². The summed E-state index contributed by atoms with van der Waals surface area (Å²) in [4.78, 5) is 0. The smallest absolute Gasteiger partial charge is 1.00 e. The van der Waals surface area contributed by atoms with Crippen molar-refractivity contribution in [2.75, 3.05) is 14.2 Å². The van der Waals surface area contributed by atoms with Crippen molar-refractivity contribution < 1.29 is 54.7 Å². The molecule has 95 valence electrons. The zero-order valence-corrected chi connectivity index (χ0v) is 13.2. The molecule has 0 N–H and O–H groups in total. The Morgan fingerprint density at radius 3 is 2.33 bits per heavy atom. The molecule has 1 aromatic rings. The maximum atomic E-state index is 5.40. The van der Waals surface area contributed by atoms with Crippen LogP contribution in [0.2, 0.25) is 0 Å². The molecular formula is C13H13Cl2O2Ti. The molecule has 0 fully saturated rings. The van der Waals surface area contributed by atoms with Crippen molar-refractivity contribution in [2.45, 2.75) is 6.42 Å². The molecule has 1 aliphatic carbocycles. The van der Waals surface area contributed by atoms with Crippen LogP contribution in [0.15, 0.2) is 34.2 Å². The van der Waals surface area contributed by atoms with Crippen LogP contribution >= 0.6 is 0 Å². The minimum atomic E-state index is 0. The molecule has 0 saturated carbocycles. The second kappa shape index (κ2) is 7.90. The van der Waals surface area contributed by atoms with Crippen LogP contribution in [0.4, 0.5) is 0 Å². The van der Waals surface area contributed by atoms with Crippen molar-refractivity contribution in [3.63, 3.8) is 0 Å². The zero-order valence-electron chi connectivity index (χ0n) is 10.2.